The first-order valence-corrected chi connectivity index (χ1v) is 7.97. The lowest BCUT2D eigenvalue weighted by atomic mass is 10.1. The Hall–Kier alpha value is -3.47. The normalized spacial score (nSPS) is 11.6. The van der Waals surface area contributed by atoms with Gasteiger partial charge in [-0.2, -0.15) is 5.10 Å². The molecule has 25 heavy (non-hydrogen) atoms. The molecule has 2 aromatic heterocycles. The van der Waals surface area contributed by atoms with E-state index in [9.17, 15) is 0 Å². The molecule has 0 aliphatic rings. The molecule has 0 bridgehead atoms. The van der Waals surface area contributed by atoms with E-state index in [1.54, 1.807) is 6.26 Å². The minimum Gasteiger partial charge on any atom is -0.463 e. The number of nitrogens with zero attached hydrogens (tertiary/aromatic N) is 3. The third-order valence-corrected chi connectivity index (χ3v) is 3.85. The van der Waals surface area contributed by atoms with Crippen LogP contribution in [0.3, 0.4) is 0 Å². The molecule has 0 aliphatic carbocycles. The van der Waals surface area contributed by atoms with Gasteiger partial charge in [-0.1, -0.05) is 48.5 Å². The number of benzene rings is 2. The molecule has 0 radical (unpaired) electrons. The van der Waals surface area contributed by atoms with E-state index in [1.807, 2.05) is 73.7 Å². The van der Waals surface area contributed by atoms with Crippen LogP contribution in [0.25, 0.3) is 22.2 Å². The summed E-state index contributed by atoms with van der Waals surface area (Å²) in [7, 11) is 0. The number of nitrogens with one attached hydrogen (secondary N) is 1. The van der Waals surface area contributed by atoms with Crippen LogP contribution in [-0.4, -0.2) is 15.7 Å². The molecule has 0 unspecified atom stereocenters. The molecule has 0 spiro atoms. The predicted octanol–water partition coefficient (Wildman–Crippen LogP) is 4.73. The Morgan fingerprint density at radius 2 is 1.72 bits per heavy atom. The van der Waals surface area contributed by atoms with Crippen molar-refractivity contribution in [3.05, 3.63) is 78.8 Å². The molecule has 4 aromatic rings. The topological polar surface area (TPSA) is 63.3 Å². The molecular weight excluding hydrogens is 312 g/mol. The summed E-state index contributed by atoms with van der Waals surface area (Å²) in [5, 5.41) is 5.33. The fourth-order valence-corrected chi connectivity index (χ4v) is 2.62. The van der Waals surface area contributed by atoms with Crippen molar-refractivity contribution in [1.82, 2.24) is 9.97 Å². The lowest BCUT2D eigenvalue weighted by molar-refractivity contribution is 0.557. The number of para-hydroxylation sites is 1. The monoisotopic (exact) mass is 328 g/mol. The molecule has 5 nitrogen and oxygen atoms in total. The molecule has 0 aliphatic heterocycles. The summed E-state index contributed by atoms with van der Waals surface area (Å²) in [4.78, 5) is 9.22. The number of anilines is 1. The Bertz CT molecular complexity index is 1020. The van der Waals surface area contributed by atoms with Crippen LogP contribution in [0.4, 0.5) is 5.95 Å². The van der Waals surface area contributed by atoms with Crippen LogP contribution >= 0.6 is 0 Å². The van der Waals surface area contributed by atoms with Gasteiger partial charge in [0.05, 0.1) is 17.5 Å². The van der Waals surface area contributed by atoms with Gasteiger partial charge in [0.2, 0.25) is 5.95 Å². The van der Waals surface area contributed by atoms with Crippen LogP contribution in [-0.2, 0) is 0 Å². The first kappa shape index (κ1) is 15.1. The van der Waals surface area contributed by atoms with Crippen molar-refractivity contribution in [2.45, 2.75) is 6.92 Å². The number of hydrogen-bond donors (Lipinski definition) is 1. The Balaban J connectivity index is 1.76. The molecule has 0 amide bonds. The van der Waals surface area contributed by atoms with Crippen LogP contribution < -0.4 is 5.43 Å². The maximum atomic E-state index is 5.34. The summed E-state index contributed by atoms with van der Waals surface area (Å²) >= 11 is 0. The highest BCUT2D eigenvalue weighted by molar-refractivity contribution is 5.96. The fourth-order valence-electron chi connectivity index (χ4n) is 2.62. The van der Waals surface area contributed by atoms with E-state index in [2.05, 4.69) is 20.5 Å². The van der Waals surface area contributed by atoms with Gasteiger partial charge in [-0.25, -0.2) is 15.4 Å². The Morgan fingerprint density at radius 1 is 0.920 bits per heavy atom. The van der Waals surface area contributed by atoms with E-state index in [1.165, 1.54) is 0 Å². The average Bonchev–Trinajstić information content (AvgIpc) is 3.21. The van der Waals surface area contributed by atoms with Crippen molar-refractivity contribution in [2.75, 3.05) is 5.43 Å². The second-order valence-corrected chi connectivity index (χ2v) is 5.57. The number of furan rings is 1. The largest absolute Gasteiger partial charge is 0.463 e. The first-order chi connectivity index (χ1) is 12.3. The van der Waals surface area contributed by atoms with E-state index in [0.29, 0.717) is 11.7 Å². The zero-order valence-electron chi connectivity index (χ0n) is 13.7. The summed E-state index contributed by atoms with van der Waals surface area (Å²) in [5.74, 6) is 1.15. The number of hydrogen-bond acceptors (Lipinski definition) is 5. The fraction of sp³-hybridized carbons (Fsp3) is 0.0500. The molecule has 2 heterocycles. The molecule has 0 fully saturated rings. The van der Waals surface area contributed by atoms with Crippen LogP contribution in [0.1, 0.15) is 12.7 Å². The molecule has 2 aromatic carbocycles. The van der Waals surface area contributed by atoms with Gasteiger partial charge in [-0.15, -0.1) is 0 Å². The summed E-state index contributed by atoms with van der Waals surface area (Å²) < 4.78 is 5.34. The van der Waals surface area contributed by atoms with Crippen molar-refractivity contribution >= 4 is 22.6 Å². The van der Waals surface area contributed by atoms with E-state index in [4.69, 9.17) is 4.42 Å². The van der Waals surface area contributed by atoms with Gasteiger partial charge in [0.15, 0.2) is 0 Å². The minimum absolute atomic E-state index is 0.448. The molecule has 4 rings (SSSR count). The first-order valence-electron chi connectivity index (χ1n) is 7.97. The van der Waals surface area contributed by atoms with Crippen molar-refractivity contribution in [3.8, 4) is 11.3 Å². The number of hydrazone groups is 1. The van der Waals surface area contributed by atoms with Gasteiger partial charge in [0.1, 0.15) is 11.5 Å². The zero-order chi connectivity index (χ0) is 17.1. The number of aromatic nitrogens is 2. The van der Waals surface area contributed by atoms with E-state index >= 15 is 0 Å². The highest BCUT2D eigenvalue weighted by Crippen LogP contribution is 2.27. The van der Waals surface area contributed by atoms with Gasteiger partial charge in [-0.05, 0) is 25.1 Å². The third kappa shape index (κ3) is 3.12. The van der Waals surface area contributed by atoms with Crippen LogP contribution in [0, 0.1) is 0 Å². The predicted molar refractivity (Wildman–Crippen MR) is 99.5 cm³/mol. The van der Waals surface area contributed by atoms with Gasteiger partial charge in [-0.3, -0.25) is 0 Å². The average molecular weight is 328 g/mol. The molecule has 0 atom stereocenters. The molecule has 1 N–H and O–H groups in total. The lowest BCUT2D eigenvalue weighted by Gasteiger charge is -2.08. The summed E-state index contributed by atoms with van der Waals surface area (Å²) in [6.45, 7) is 1.87. The van der Waals surface area contributed by atoms with Crippen LogP contribution in [0.15, 0.2) is 82.5 Å². The van der Waals surface area contributed by atoms with Gasteiger partial charge >= 0.3 is 0 Å². The van der Waals surface area contributed by atoms with Crippen molar-refractivity contribution in [3.63, 3.8) is 0 Å². The van der Waals surface area contributed by atoms with Gasteiger partial charge in [0.25, 0.3) is 0 Å². The summed E-state index contributed by atoms with van der Waals surface area (Å²) in [5.41, 5.74) is 6.44. The maximum absolute atomic E-state index is 5.34. The number of rotatable bonds is 4. The SMILES string of the molecule is C/C(=N\Nc1nc(-c2ccccc2)c2ccccc2n1)c1ccco1. The smallest absolute Gasteiger partial charge is 0.244 e. The van der Waals surface area contributed by atoms with Crippen molar-refractivity contribution in [1.29, 1.82) is 0 Å². The van der Waals surface area contributed by atoms with Gasteiger partial charge in [0, 0.05) is 10.9 Å². The van der Waals surface area contributed by atoms with Crippen LogP contribution in [0.5, 0.6) is 0 Å². The molecule has 0 saturated heterocycles. The van der Waals surface area contributed by atoms with Crippen molar-refractivity contribution in [2.24, 2.45) is 5.10 Å². The quantitative estimate of drug-likeness (QED) is 0.435. The van der Waals surface area contributed by atoms with E-state index < -0.39 is 0 Å². The molecule has 122 valence electrons. The zero-order valence-corrected chi connectivity index (χ0v) is 13.7. The highest BCUT2D eigenvalue weighted by Gasteiger charge is 2.09. The highest BCUT2D eigenvalue weighted by atomic mass is 16.3. The van der Waals surface area contributed by atoms with Crippen molar-refractivity contribution < 1.29 is 4.42 Å². The number of fused-ring (bicyclic) bond motifs is 1. The summed E-state index contributed by atoms with van der Waals surface area (Å²) in [6.07, 6.45) is 1.62. The Labute approximate surface area is 145 Å². The van der Waals surface area contributed by atoms with E-state index in [0.717, 1.165) is 27.9 Å². The molecule has 5 heteroatoms. The summed E-state index contributed by atoms with van der Waals surface area (Å²) in [6, 6.07) is 21.7. The van der Waals surface area contributed by atoms with Crippen LogP contribution in [0.2, 0.25) is 0 Å². The lowest BCUT2D eigenvalue weighted by Crippen LogP contribution is -2.03. The van der Waals surface area contributed by atoms with Gasteiger partial charge < -0.3 is 4.42 Å². The van der Waals surface area contributed by atoms with E-state index in [-0.39, 0.29) is 0 Å². The minimum atomic E-state index is 0.448. The maximum Gasteiger partial charge on any atom is 0.244 e. The Kier molecular flexibility index (Phi) is 3.96. The standard InChI is InChI=1S/C20H16N4O/c1-14(18-12-7-13-25-18)23-24-20-21-17-11-6-5-10-16(17)19(22-20)15-8-3-2-4-9-15/h2-13H,1H3,(H,21,22,24)/b23-14+. The molecule has 0 saturated carbocycles. The second kappa shape index (κ2) is 6.57. The third-order valence-electron chi connectivity index (χ3n) is 3.85. The Morgan fingerprint density at radius 3 is 2.52 bits per heavy atom. The molecular formula is C20H16N4O. The second-order valence-electron chi connectivity index (χ2n) is 5.57.